The summed E-state index contributed by atoms with van der Waals surface area (Å²) in [5.74, 6) is 0.856. The Morgan fingerprint density at radius 3 is 2.44 bits per heavy atom. The smallest absolute Gasteiger partial charge is 0.223 e. The van der Waals surface area contributed by atoms with Gasteiger partial charge < -0.3 is 9.80 Å². The summed E-state index contributed by atoms with van der Waals surface area (Å²) < 4.78 is 0. The standard InChI is InChI=1S/C24H34N2O/c1-25-22(27)16-18-17-24(21-11-7-6-10-20(21)23(18)25)12-14-26(15-13-24)19-8-4-2-3-5-9-19/h6-7,10-11,18-19,23H,2-5,8-9,12-17H2,1H3/t18?,23-/m1/s1. The molecule has 0 aromatic heterocycles. The van der Waals surface area contributed by atoms with Crippen molar-refractivity contribution in [3.63, 3.8) is 0 Å². The number of piperidine rings is 1. The van der Waals surface area contributed by atoms with E-state index in [0.29, 0.717) is 23.3 Å². The molecule has 2 aliphatic heterocycles. The van der Waals surface area contributed by atoms with Crippen LogP contribution in [0.25, 0.3) is 0 Å². The van der Waals surface area contributed by atoms with E-state index in [0.717, 1.165) is 12.5 Å². The summed E-state index contributed by atoms with van der Waals surface area (Å²) in [6.07, 6.45) is 13.1. The Bertz CT molecular complexity index is 698. The van der Waals surface area contributed by atoms with E-state index in [9.17, 15) is 4.79 Å². The van der Waals surface area contributed by atoms with E-state index in [4.69, 9.17) is 0 Å². The molecule has 1 saturated carbocycles. The number of benzene rings is 1. The van der Waals surface area contributed by atoms with E-state index in [-0.39, 0.29) is 0 Å². The zero-order valence-electron chi connectivity index (χ0n) is 16.8. The zero-order chi connectivity index (χ0) is 18.4. The average Bonchev–Trinajstić information content (AvgIpc) is 2.87. The molecule has 1 aromatic rings. The van der Waals surface area contributed by atoms with Gasteiger partial charge in [-0.15, -0.1) is 0 Å². The van der Waals surface area contributed by atoms with Crippen LogP contribution in [0.15, 0.2) is 24.3 Å². The number of likely N-dealkylation sites (tertiary alicyclic amines) is 2. The van der Waals surface area contributed by atoms with Gasteiger partial charge in [0.2, 0.25) is 5.91 Å². The third-order valence-electron chi connectivity index (χ3n) is 8.29. The molecular formula is C24H34N2O. The minimum absolute atomic E-state index is 0.310. The molecule has 1 spiro atoms. The van der Waals surface area contributed by atoms with Crippen LogP contribution in [0.2, 0.25) is 0 Å². The van der Waals surface area contributed by atoms with Gasteiger partial charge in [0, 0.05) is 19.5 Å². The Labute approximate surface area is 164 Å². The summed E-state index contributed by atoms with van der Waals surface area (Å²) in [5, 5.41) is 0. The monoisotopic (exact) mass is 366 g/mol. The third-order valence-corrected chi connectivity index (χ3v) is 8.29. The summed E-state index contributed by atoms with van der Waals surface area (Å²) in [5.41, 5.74) is 3.32. The molecule has 0 radical (unpaired) electrons. The number of carbonyl (C=O) groups excluding carboxylic acids is 1. The Hall–Kier alpha value is -1.35. The van der Waals surface area contributed by atoms with Crippen molar-refractivity contribution in [2.75, 3.05) is 20.1 Å². The van der Waals surface area contributed by atoms with E-state index >= 15 is 0 Å². The van der Waals surface area contributed by atoms with Crippen LogP contribution in [-0.2, 0) is 10.2 Å². The topological polar surface area (TPSA) is 23.6 Å². The van der Waals surface area contributed by atoms with E-state index in [2.05, 4.69) is 29.2 Å². The average molecular weight is 367 g/mol. The first kappa shape index (κ1) is 17.7. The van der Waals surface area contributed by atoms with Gasteiger partial charge in [0.1, 0.15) is 0 Å². The summed E-state index contributed by atoms with van der Waals surface area (Å²) in [6.45, 7) is 2.50. The van der Waals surface area contributed by atoms with Crippen LogP contribution in [0.5, 0.6) is 0 Å². The van der Waals surface area contributed by atoms with Crippen LogP contribution < -0.4 is 0 Å². The maximum Gasteiger partial charge on any atom is 0.223 e. The lowest BCUT2D eigenvalue weighted by atomic mass is 9.60. The third kappa shape index (κ3) is 2.93. The van der Waals surface area contributed by atoms with Crippen molar-refractivity contribution in [1.29, 1.82) is 0 Å². The number of hydrogen-bond acceptors (Lipinski definition) is 2. The summed E-state index contributed by atoms with van der Waals surface area (Å²) in [6, 6.07) is 10.2. The van der Waals surface area contributed by atoms with Gasteiger partial charge in [-0.05, 0) is 67.7 Å². The first-order valence-corrected chi connectivity index (χ1v) is 11.3. The lowest BCUT2D eigenvalue weighted by Gasteiger charge is -2.50. The summed E-state index contributed by atoms with van der Waals surface area (Å²) in [4.78, 5) is 17.3. The van der Waals surface area contributed by atoms with Crippen molar-refractivity contribution < 1.29 is 4.79 Å². The minimum Gasteiger partial charge on any atom is -0.338 e. The number of fused-ring (bicyclic) bond motifs is 4. The van der Waals surface area contributed by atoms with Crippen molar-refractivity contribution in [2.24, 2.45) is 5.92 Å². The normalized spacial score (nSPS) is 31.6. The molecule has 1 aromatic carbocycles. The molecule has 3 heteroatoms. The molecule has 27 heavy (non-hydrogen) atoms. The lowest BCUT2D eigenvalue weighted by molar-refractivity contribution is -0.127. The molecule has 1 unspecified atom stereocenters. The highest BCUT2D eigenvalue weighted by Gasteiger charge is 2.51. The Morgan fingerprint density at radius 1 is 1.00 bits per heavy atom. The van der Waals surface area contributed by atoms with Crippen LogP contribution >= 0.6 is 0 Å². The van der Waals surface area contributed by atoms with Crippen LogP contribution in [0.3, 0.4) is 0 Å². The highest BCUT2D eigenvalue weighted by atomic mass is 16.2. The van der Waals surface area contributed by atoms with Crippen molar-refractivity contribution in [3.8, 4) is 0 Å². The second kappa shape index (κ2) is 6.92. The van der Waals surface area contributed by atoms with Crippen LogP contribution in [0.4, 0.5) is 0 Å². The highest BCUT2D eigenvalue weighted by Crippen LogP contribution is 2.55. The fourth-order valence-corrected chi connectivity index (χ4v) is 6.86. The van der Waals surface area contributed by atoms with Crippen LogP contribution in [-0.4, -0.2) is 41.9 Å². The Morgan fingerprint density at radius 2 is 1.70 bits per heavy atom. The number of carbonyl (C=O) groups is 1. The number of amides is 1. The molecule has 5 rings (SSSR count). The molecule has 2 atom stereocenters. The first-order valence-electron chi connectivity index (χ1n) is 11.3. The first-order chi connectivity index (χ1) is 13.2. The second-order valence-corrected chi connectivity index (χ2v) is 9.67. The van der Waals surface area contributed by atoms with Gasteiger partial charge >= 0.3 is 0 Å². The predicted octanol–water partition coefficient (Wildman–Crippen LogP) is 4.67. The van der Waals surface area contributed by atoms with Crippen LogP contribution in [0.1, 0.15) is 81.4 Å². The molecule has 3 nitrogen and oxygen atoms in total. The van der Waals surface area contributed by atoms with Gasteiger partial charge in [0.25, 0.3) is 0 Å². The predicted molar refractivity (Wildman–Crippen MR) is 109 cm³/mol. The van der Waals surface area contributed by atoms with Crippen LogP contribution in [0, 0.1) is 5.92 Å². The molecule has 146 valence electrons. The molecule has 2 aliphatic carbocycles. The van der Waals surface area contributed by atoms with E-state index in [1.165, 1.54) is 76.4 Å². The summed E-state index contributed by atoms with van der Waals surface area (Å²) in [7, 11) is 2.01. The minimum atomic E-state index is 0.310. The van der Waals surface area contributed by atoms with Gasteiger partial charge in [-0.1, -0.05) is 49.9 Å². The fourth-order valence-electron chi connectivity index (χ4n) is 6.86. The highest BCUT2D eigenvalue weighted by molar-refractivity contribution is 5.80. The quantitative estimate of drug-likeness (QED) is 0.675. The van der Waals surface area contributed by atoms with Crippen molar-refractivity contribution >= 4 is 5.91 Å². The fraction of sp³-hybridized carbons (Fsp3) is 0.708. The van der Waals surface area contributed by atoms with Gasteiger partial charge in [0.05, 0.1) is 6.04 Å². The largest absolute Gasteiger partial charge is 0.338 e. The Kier molecular flexibility index (Phi) is 4.54. The van der Waals surface area contributed by atoms with Gasteiger partial charge in [-0.25, -0.2) is 0 Å². The molecule has 3 fully saturated rings. The Balaban J connectivity index is 1.40. The van der Waals surface area contributed by atoms with E-state index in [1.807, 2.05) is 11.9 Å². The molecule has 0 N–H and O–H groups in total. The second-order valence-electron chi connectivity index (χ2n) is 9.67. The lowest BCUT2D eigenvalue weighted by Crippen LogP contribution is -2.49. The van der Waals surface area contributed by atoms with E-state index < -0.39 is 0 Å². The van der Waals surface area contributed by atoms with Gasteiger partial charge in [0.15, 0.2) is 0 Å². The van der Waals surface area contributed by atoms with Crippen molar-refractivity contribution in [2.45, 2.75) is 81.7 Å². The molecule has 2 heterocycles. The van der Waals surface area contributed by atoms with Gasteiger partial charge in [-0.2, -0.15) is 0 Å². The maximum atomic E-state index is 12.4. The molecular weight excluding hydrogens is 332 g/mol. The number of hydrogen-bond donors (Lipinski definition) is 0. The molecule has 1 amide bonds. The van der Waals surface area contributed by atoms with Crippen molar-refractivity contribution in [3.05, 3.63) is 35.4 Å². The van der Waals surface area contributed by atoms with Crippen molar-refractivity contribution in [1.82, 2.24) is 9.80 Å². The molecule has 4 aliphatic rings. The number of nitrogens with zero attached hydrogens (tertiary/aromatic N) is 2. The van der Waals surface area contributed by atoms with E-state index in [1.54, 1.807) is 5.56 Å². The maximum absolute atomic E-state index is 12.4. The van der Waals surface area contributed by atoms with Gasteiger partial charge in [-0.3, -0.25) is 4.79 Å². The number of rotatable bonds is 1. The SMILES string of the molecule is CN1C(=O)CC2CC3(CCN(C4CCCCCC4)CC3)c3ccccc3[C@@H]21. The molecule has 0 bridgehead atoms. The molecule has 2 saturated heterocycles. The summed E-state index contributed by atoms with van der Waals surface area (Å²) >= 11 is 0. The zero-order valence-corrected chi connectivity index (χ0v) is 16.8.